The molecule has 2 N–H and O–H groups in total. The second-order valence-electron chi connectivity index (χ2n) is 5.23. The SMILES string of the molecule is COCC(C)C(C)(N)Cc1ccc(OC)c(OC)c1. The van der Waals surface area contributed by atoms with Gasteiger partial charge in [0.05, 0.1) is 20.8 Å². The molecular formula is C15H25NO3. The van der Waals surface area contributed by atoms with Gasteiger partial charge in [0.2, 0.25) is 0 Å². The van der Waals surface area contributed by atoms with Gasteiger partial charge in [0.25, 0.3) is 0 Å². The van der Waals surface area contributed by atoms with Crippen LogP contribution in [0, 0.1) is 5.92 Å². The predicted octanol–water partition coefficient (Wildman–Crippen LogP) is 2.25. The summed E-state index contributed by atoms with van der Waals surface area (Å²) in [5.74, 6) is 1.73. The Hall–Kier alpha value is -1.26. The van der Waals surface area contributed by atoms with Gasteiger partial charge < -0.3 is 19.9 Å². The number of benzene rings is 1. The number of ether oxygens (including phenoxy) is 3. The summed E-state index contributed by atoms with van der Waals surface area (Å²) in [5, 5.41) is 0. The second-order valence-corrected chi connectivity index (χ2v) is 5.23. The summed E-state index contributed by atoms with van der Waals surface area (Å²) in [4.78, 5) is 0. The van der Waals surface area contributed by atoms with Crippen LogP contribution >= 0.6 is 0 Å². The zero-order valence-corrected chi connectivity index (χ0v) is 12.5. The van der Waals surface area contributed by atoms with Crippen LogP contribution in [-0.2, 0) is 11.2 Å². The molecule has 0 saturated carbocycles. The molecule has 0 aliphatic carbocycles. The van der Waals surface area contributed by atoms with Crippen LogP contribution in [0.15, 0.2) is 18.2 Å². The van der Waals surface area contributed by atoms with Crippen LogP contribution in [0.1, 0.15) is 19.4 Å². The van der Waals surface area contributed by atoms with Crippen molar-refractivity contribution in [2.24, 2.45) is 11.7 Å². The van der Waals surface area contributed by atoms with E-state index >= 15 is 0 Å². The highest BCUT2D eigenvalue weighted by Gasteiger charge is 2.27. The van der Waals surface area contributed by atoms with Gasteiger partial charge in [0.15, 0.2) is 11.5 Å². The van der Waals surface area contributed by atoms with E-state index in [9.17, 15) is 0 Å². The monoisotopic (exact) mass is 267 g/mol. The zero-order valence-electron chi connectivity index (χ0n) is 12.5. The number of nitrogens with two attached hydrogens (primary N) is 1. The van der Waals surface area contributed by atoms with Crippen molar-refractivity contribution in [1.82, 2.24) is 0 Å². The van der Waals surface area contributed by atoms with Crippen LogP contribution in [-0.4, -0.2) is 33.5 Å². The minimum Gasteiger partial charge on any atom is -0.493 e. The molecule has 0 amide bonds. The maximum atomic E-state index is 6.39. The molecule has 2 unspecified atom stereocenters. The Morgan fingerprint density at radius 2 is 1.79 bits per heavy atom. The van der Waals surface area contributed by atoms with Crippen molar-refractivity contribution >= 4 is 0 Å². The van der Waals surface area contributed by atoms with Crippen LogP contribution in [0.2, 0.25) is 0 Å². The third-order valence-electron chi connectivity index (χ3n) is 3.58. The third kappa shape index (κ3) is 4.11. The van der Waals surface area contributed by atoms with E-state index in [1.54, 1.807) is 21.3 Å². The molecule has 0 spiro atoms. The fourth-order valence-corrected chi connectivity index (χ4v) is 2.05. The first-order valence-electron chi connectivity index (χ1n) is 6.43. The first-order valence-corrected chi connectivity index (χ1v) is 6.43. The van der Waals surface area contributed by atoms with Crippen LogP contribution in [0.25, 0.3) is 0 Å². The van der Waals surface area contributed by atoms with Crippen molar-refractivity contribution < 1.29 is 14.2 Å². The summed E-state index contributed by atoms with van der Waals surface area (Å²) in [6.45, 7) is 4.80. The van der Waals surface area contributed by atoms with Crippen molar-refractivity contribution in [1.29, 1.82) is 0 Å². The topological polar surface area (TPSA) is 53.7 Å². The van der Waals surface area contributed by atoms with Gasteiger partial charge in [-0.2, -0.15) is 0 Å². The summed E-state index contributed by atoms with van der Waals surface area (Å²) in [6.07, 6.45) is 0.762. The summed E-state index contributed by atoms with van der Waals surface area (Å²) in [5.41, 5.74) is 7.19. The molecule has 1 aromatic carbocycles. The van der Waals surface area contributed by atoms with Gasteiger partial charge in [-0.05, 0) is 37.0 Å². The molecule has 1 rings (SSSR count). The van der Waals surface area contributed by atoms with E-state index in [1.165, 1.54) is 0 Å². The van der Waals surface area contributed by atoms with Gasteiger partial charge in [0, 0.05) is 12.6 Å². The Morgan fingerprint density at radius 3 is 2.32 bits per heavy atom. The number of rotatable bonds is 7. The Bertz CT molecular complexity index is 404. The highest BCUT2D eigenvalue weighted by atomic mass is 16.5. The van der Waals surface area contributed by atoms with Crippen LogP contribution in [0.5, 0.6) is 11.5 Å². The number of methoxy groups -OCH3 is 3. The maximum Gasteiger partial charge on any atom is 0.160 e. The standard InChI is InChI=1S/C15H25NO3/c1-11(10-17-3)15(2,16)9-12-6-7-13(18-4)14(8-12)19-5/h6-8,11H,9-10,16H2,1-5H3. The molecular weight excluding hydrogens is 242 g/mol. The van der Waals surface area contributed by atoms with E-state index < -0.39 is 0 Å². The molecule has 0 fully saturated rings. The molecule has 0 aliphatic heterocycles. The molecule has 108 valence electrons. The first-order chi connectivity index (χ1) is 8.94. The Morgan fingerprint density at radius 1 is 1.16 bits per heavy atom. The summed E-state index contributed by atoms with van der Waals surface area (Å²) >= 11 is 0. The molecule has 0 aromatic heterocycles. The summed E-state index contributed by atoms with van der Waals surface area (Å²) in [6, 6.07) is 5.90. The van der Waals surface area contributed by atoms with E-state index in [0.29, 0.717) is 6.61 Å². The molecule has 4 heteroatoms. The van der Waals surface area contributed by atoms with Crippen LogP contribution in [0.3, 0.4) is 0 Å². The maximum absolute atomic E-state index is 6.39. The molecule has 0 bridgehead atoms. The smallest absolute Gasteiger partial charge is 0.160 e. The van der Waals surface area contributed by atoms with Crippen molar-refractivity contribution in [3.8, 4) is 11.5 Å². The van der Waals surface area contributed by atoms with Crippen molar-refractivity contribution in [2.45, 2.75) is 25.8 Å². The van der Waals surface area contributed by atoms with Crippen LogP contribution in [0.4, 0.5) is 0 Å². The van der Waals surface area contributed by atoms with E-state index in [-0.39, 0.29) is 11.5 Å². The lowest BCUT2D eigenvalue weighted by Crippen LogP contribution is -2.46. The third-order valence-corrected chi connectivity index (χ3v) is 3.58. The lowest BCUT2D eigenvalue weighted by Gasteiger charge is -2.31. The minimum absolute atomic E-state index is 0.269. The lowest BCUT2D eigenvalue weighted by atomic mass is 9.83. The molecule has 0 aliphatic rings. The zero-order chi connectivity index (χ0) is 14.5. The average molecular weight is 267 g/mol. The predicted molar refractivity (Wildman–Crippen MR) is 76.9 cm³/mol. The number of hydrogen-bond acceptors (Lipinski definition) is 4. The van der Waals surface area contributed by atoms with Crippen molar-refractivity contribution in [3.63, 3.8) is 0 Å². The van der Waals surface area contributed by atoms with Gasteiger partial charge in [-0.25, -0.2) is 0 Å². The number of hydrogen-bond donors (Lipinski definition) is 1. The largest absolute Gasteiger partial charge is 0.493 e. The molecule has 0 saturated heterocycles. The van der Waals surface area contributed by atoms with E-state index in [0.717, 1.165) is 23.5 Å². The summed E-state index contributed by atoms with van der Waals surface area (Å²) < 4.78 is 15.7. The molecule has 1 aromatic rings. The van der Waals surface area contributed by atoms with Gasteiger partial charge in [-0.15, -0.1) is 0 Å². The van der Waals surface area contributed by atoms with Gasteiger partial charge in [0.1, 0.15) is 0 Å². The van der Waals surface area contributed by atoms with E-state index in [4.69, 9.17) is 19.9 Å². The molecule has 19 heavy (non-hydrogen) atoms. The van der Waals surface area contributed by atoms with Crippen LogP contribution < -0.4 is 15.2 Å². The Labute approximate surface area is 115 Å². The van der Waals surface area contributed by atoms with Crippen molar-refractivity contribution in [2.75, 3.05) is 27.9 Å². The molecule has 0 radical (unpaired) electrons. The fourth-order valence-electron chi connectivity index (χ4n) is 2.05. The van der Waals surface area contributed by atoms with Gasteiger partial charge in [-0.1, -0.05) is 13.0 Å². The Kier molecular flexibility index (Phi) is 5.63. The van der Waals surface area contributed by atoms with Crippen molar-refractivity contribution in [3.05, 3.63) is 23.8 Å². The molecule has 4 nitrogen and oxygen atoms in total. The quantitative estimate of drug-likeness (QED) is 0.823. The normalized spacial score (nSPS) is 15.7. The van der Waals surface area contributed by atoms with E-state index in [1.807, 2.05) is 25.1 Å². The highest BCUT2D eigenvalue weighted by molar-refractivity contribution is 5.43. The minimum atomic E-state index is -0.324. The summed E-state index contributed by atoms with van der Waals surface area (Å²) in [7, 11) is 4.96. The first kappa shape index (κ1) is 15.8. The Balaban J connectivity index is 2.87. The van der Waals surface area contributed by atoms with E-state index in [2.05, 4.69) is 6.92 Å². The van der Waals surface area contributed by atoms with Gasteiger partial charge in [-0.3, -0.25) is 0 Å². The average Bonchev–Trinajstić information content (AvgIpc) is 2.38. The highest BCUT2D eigenvalue weighted by Crippen LogP contribution is 2.29. The van der Waals surface area contributed by atoms with Gasteiger partial charge >= 0.3 is 0 Å². The second kappa shape index (κ2) is 6.78. The molecule has 2 atom stereocenters. The fraction of sp³-hybridized carbons (Fsp3) is 0.600. The molecule has 0 heterocycles. The lowest BCUT2D eigenvalue weighted by molar-refractivity contribution is 0.121.